The molecule has 0 spiro atoms. The monoisotopic (exact) mass is 339 g/mol. The van der Waals surface area contributed by atoms with Gasteiger partial charge in [-0.2, -0.15) is 0 Å². The van der Waals surface area contributed by atoms with Crippen molar-refractivity contribution in [3.05, 3.63) is 60.0 Å². The van der Waals surface area contributed by atoms with Gasteiger partial charge in [0.1, 0.15) is 5.75 Å². The third-order valence-corrected chi connectivity index (χ3v) is 3.98. The highest BCUT2D eigenvalue weighted by molar-refractivity contribution is 7.14. The Kier molecular flexibility index (Phi) is 5.08. The summed E-state index contributed by atoms with van der Waals surface area (Å²) in [5, 5.41) is 7.99. The van der Waals surface area contributed by atoms with Gasteiger partial charge in [-0.15, -0.1) is 11.3 Å². The van der Waals surface area contributed by atoms with Crippen LogP contribution < -0.4 is 15.4 Å². The number of amides is 2. The van der Waals surface area contributed by atoms with E-state index in [0.717, 1.165) is 17.0 Å². The zero-order valence-electron chi connectivity index (χ0n) is 13.2. The first-order valence-corrected chi connectivity index (χ1v) is 8.44. The molecule has 0 fully saturated rings. The summed E-state index contributed by atoms with van der Waals surface area (Å²) < 4.78 is 5.37. The Morgan fingerprint density at radius 2 is 1.83 bits per heavy atom. The van der Waals surface area contributed by atoms with E-state index in [1.807, 2.05) is 54.8 Å². The molecule has 0 bridgehead atoms. The Labute approximate surface area is 144 Å². The summed E-state index contributed by atoms with van der Waals surface area (Å²) in [6.07, 6.45) is 0. The predicted octanol–water partition coefficient (Wildman–Crippen LogP) is 4.85. The van der Waals surface area contributed by atoms with Crippen molar-refractivity contribution >= 4 is 28.2 Å². The molecule has 0 aliphatic carbocycles. The van der Waals surface area contributed by atoms with Gasteiger partial charge >= 0.3 is 6.03 Å². The molecule has 0 saturated carbocycles. The van der Waals surface area contributed by atoms with Crippen molar-refractivity contribution in [3.8, 4) is 17.0 Å². The van der Waals surface area contributed by atoms with Crippen molar-refractivity contribution in [2.75, 3.05) is 17.2 Å². The van der Waals surface area contributed by atoms with Crippen molar-refractivity contribution < 1.29 is 9.53 Å². The number of nitrogens with zero attached hydrogens (tertiary/aromatic N) is 1. The van der Waals surface area contributed by atoms with Gasteiger partial charge in [-0.05, 0) is 31.2 Å². The molecule has 1 heterocycles. The number of carbonyl (C=O) groups excluding carboxylic acids is 1. The zero-order chi connectivity index (χ0) is 16.8. The number of ether oxygens (including phenoxy) is 1. The SMILES string of the molecule is CCOc1ccc(NC(=O)Nc2nc(-c3ccccc3)cs2)cc1. The fourth-order valence-corrected chi connectivity index (χ4v) is 2.85. The number of hydrogen-bond donors (Lipinski definition) is 2. The van der Waals surface area contributed by atoms with Crippen LogP contribution in [0.25, 0.3) is 11.3 Å². The summed E-state index contributed by atoms with van der Waals surface area (Å²) in [6.45, 7) is 2.54. The van der Waals surface area contributed by atoms with E-state index in [4.69, 9.17) is 4.74 Å². The first-order chi connectivity index (χ1) is 11.7. The second kappa shape index (κ2) is 7.61. The Balaban J connectivity index is 1.60. The second-order valence-electron chi connectivity index (χ2n) is 4.94. The van der Waals surface area contributed by atoms with E-state index < -0.39 is 0 Å². The molecule has 1 aromatic heterocycles. The first kappa shape index (κ1) is 16.0. The number of thiazole rings is 1. The molecule has 6 heteroatoms. The van der Waals surface area contributed by atoms with Crippen LogP contribution in [0.15, 0.2) is 60.0 Å². The molecule has 0 aliphatic heterocycles. The fraction of sp³-hybridized carbons (Fsp3) is 0.111. The van der Waals surface area contributed by atoms with Gasteiger partial charge in [0.2, 0.25) is 0 Å². The molecule has 122 valence electrons. The lowest BCUT2D eigenvalue weighted by Crippen LogP contribution is -2.19. The van der Waals surface area contributed by atoms with Crippen LogP contribution in [0.4, 0.5) is 15.6 Å². The summed E-state index contributed by atoms with van der Waals surface area (Å²) >= 11 is 1.39. The Morgan fingerprint density at radius 3 is 2.54 bits per heavy atom. The second-order valence-corrected chi connectivity index (χ2v) is 5.80. The summed E-state index contributed by atoms with van der Waals surface area (Å²) in [4.78, 5) is 16.5. The molecule has 0 saturated heterocycles. The van der Waals surface area contributed by atoms with Crippen LogP contribution >= 0.6 is 11.3 Å². The van der Waals surface area contributed by atoms with Crippen LogP contribution in [0.1, 0.15) is 6.92 Å². The van der Waals surface area contributed by atoms with Crippen molar-refractivity contribution in [3.63, 3.8) is 0 Å². The number of nitrogens with one attached hydrogen (secondary N) is 2. The minimum Gasteiger partial charge on any atom is -0.494 e. The van der Waals surface area contributed by atoms with Crippen LogP contribution in [-0.2, 0) is 0 Å². The van der Waals surface area contributed by atoms with Crippen molar-refractivity contribution in [1.29, 1.82) is 0 Å². The molecule has 2 amide bonds. The van der Waals surface area contributed by atoms with Crippen LogP contribution in [0.2, 0.25) is 0 Å². The van der Waals surface area contributed by atoms with E-state index in [9.17, 15) is 4.79 Å². The minimum absolute atomic E-state index is 0.326. The van der Waals surface area contributed by atoms with Gasteiger partial charge in [-0.25, -0.2) is 9.78 Å². The van der Waals surface area contributed by atoms with Gasteiger partial charge in [-0.3, -0.25) is 5.32 Å². The van der Waals surface area contributed by atoms with E-state index in [0.29, 0.717) is 17.4 Å². The van der Waals surface area contributed by atoms with Gasteiger partial charge < -0.3 is 10.1 Å². The lowest BCUT2D eigenvalue weighted by Gasteiger charge is -2.07. The van der Waals surface area contributed by atoms with Gasteiger partial charge in [0, 0.05) is 16.6 Å². The lowest BCUT2D eigenvalue weighted by molar-refractivity contribution is 0.262. The molecule has 3 aromatic rings. The molecule has 5 nitrogen and oxygen atoms in total. The Hall–Kier alpha value is -2.86. The van der Waals surface area contributed by atoms with Crippen LogP contribution in [-0.4, -0.2) is 17.6 Å². The summed E-state index contributed by atoms with van der Waals surface area (Å²) in [5.41, 5.74) is 2.56. The van der Waals surface area contributed by atoms with Gasteiger partial charge in [-0.1, -0.05) is 30.3 Å². The molecule has 2 aromatic carbocycles. The van der Waals surface area contributed by atoms with Crippen LogP contribution in [0, 0.1) is 0 Å². The number of urea groups is 1. The summed E-state index contributed by atoms with van der Waals surface area (Å²) in [5.74, 6) is 0.774. The molecular formula is C18H17N3O2S. The average molecular weight is 339 g/mol. The number of benzene rings is 2. The quantitative estimate of drug-likeness (QED) is 0.698. The van der Waals surface area contributed by atoms with E-state index in [2.05, 4.69) is 15.6 Å². The normalized spacial score (nSPS) is 10.2. The molecule has 0 aliphatic rings. The van der Waals surface area contributed by atoms with Crippen molar-refractivity contribution in [1.82, 2.24) is 4.98 Å². The maximum Gasteiger partial charge on any atom is 0.325 e. The first-order valence-electron chi connectivity index (χ1n) is 7.56. The lowest BCUT2D eigenvalue weighted by atomic mass is 10.2. The number of anilines is 2. The molecule has 2 N–H and O–H groups in total. The number of carbonyl (C=O) groups is 1. The maximum absolute atomic E-state index is 12.1. The number of aromatic nitrogens is 1. The molecule has 0 radical (unpaired) electrons. The van der Waals surface area contributed by atoms with Crippen molar-refractivity contribution in [2.45, 2.75) is 6.92 Å². The molecular weight excluding hydrogens is 322 g/mol. The van der Waals surface area contributed by atoms with Crippen LogP contribution in [0.3, 0.4) is 0 Å². The largest absolute Gasteiger partial charge is 0.494 e. The van der Waals surface area contributed by atoms with Gasteiger partial charge in [0.25, 0.3) is 0 Å². The van der Waals surface area contributed by atoms with E-state index in [1.165, 1.54) is 11.3 Å². The predicted molar refractivity (Wildman–Crippen MR) is 97.8 cm³/mol. The highest BCUT2D eigenvalue weighted by Gasteiger charge is 2.08. The summed E-state index contributed by atoms with van der Waals surface area (Å²) in [6, 6.07) is 16.7. The smallest absolute Gasteiger partial charge is 0.325 e. The number of rotatable bonds is 5. The summed E-state index contributed by atoms with van der Waals surface area (Å²) in [7, 11) is 0. The number of hydrogen-bond acceptors (Lipinski definition) is 4. The Morgan fingerprint density at radius 1 is 1.08 bits per heavy atom. The molecule has 24 heavy (non-hydrogen) atoms. The maximum atomic E-state index is 12.1. The standard InChI is InChI=1S/C18H17N3O2S/c1-2-23-15-10-8-14(9-11-15)19-17(22)21-18-20-16(12-24-18)13-6-4-3-5-7-13/h3-12H,2H2,1H3,(H2,19,20,21,22). The van der Waals surface area contributed by atoms with E-state index in [-0.39, 0.29) is 6.03 Å². The topological polar surface area (TPSA) is 63.2 Å². The van der Waals surface area contributed by atoms with Gasteiger partial charge in [0.05, 0.1) is 12.3 Å². The third kappa shape index (κ3) is 4.11. The van der Waals surface area contributed by atoms with Crippen LogP contribution in [0.5, 0.6) is 5.75 Å². The minimum atomic E-state index is -0.326. The molecule has 0 unspecified atom stereocenters. The highest BCUT2D eigenvalue weighted by atomic mass is 32.1. The molecule has 0 atom stereocenters. The van der Waals surface area contributed by atoms with Gasteiger partial charge in [0.15, 0.2) is 5.13 Å². The molecule has 3 rings (SSSR count). The average Bonchev–Trinajstić information content (AvgIpc) is 3.06. The van der Waals surface area contributed by atoms with Crippen molar-refractivity contribution in [2.24, 2.45) is 0 Å². The highest BCUT2D eigenvalue weighted by Crippen LogP contribution is 2.24. The Bertz CT molecular complexity index is 801. The zero-order valence-corrected chi connectivity index (χ0v) is 14.0. The third-order valence-electron chi connectivity index (χ3n) is 3.22. The van der Waals surface area contributed by atoms with E-state index in [1.54, 1.807) is 12.1 Å². The van der Waals surface area contributed by atoms with E-state index >= 15 is 0 Å². The fourth-order valence-electron chi connectivity index (χ4n) is 2.13.